The summed E-state index contributed by atoms with van der Waals surface area (Å²) in [5, 5.41) is 2.51. The van der Waals surface area contributed by atoms with Gasteiger partial charge < -0.3 is 19.3 Å². The second-order valence-corrected chi connectivity index (χ2v) is 33.1. The number of allylic oxidation sites excluding steroid dienone is 8. The van der Waals surface area contributed by atoms with Gasteiger partial charge in [0.05, 0.1) is 16.4 Å². The molecule has 4 aliphatic carbocycles. The van der Waals surface area contributed by atoms with Crippen molar-refractivity contribution in [3.05, 3.63) is 463 Å². The van der Waals surface area contributed by atoms with E-state index in [0.717, 1.165) is 51.2 Å². The highest BCUT2D eigenvalue weighted by molar-refractivity contribution is 6.11. The lowest BCUT2D eigenvalue weighted by atomic mass is 9.70. The van der Waals surface area contributed by atoms with Crippen molar-refractivity contribution in [3.63, 3.8) is 0 Å². The van der Waals surface area contributed by atoms with Crippen LogP contribution in [0.15, 0.2) is 418 Å². The second-order valence-electron chi connectivity index (χ2n) is 33.1. The zero-order valence-corrected chi connectivity index (χ0v) is 68.5. The Labute approximate surface area is 699 Å². The number of hydrogen-bond acceptors (Lipinski definition) is 3. The summed E-state index contributed by atoms with van der Waals surface area (Å²) in [6, 6.07) is 139. The minimum absolute atomic E-state index is 0.0949. The van der Waals surface area contributed by atoms with Crippen LogP contribution in [-0.4, -0.2) is 4.57 Å². The van der Waals surface area contributed by atoms with Gasteiger partial charge in [0.15, 0.2) is 0 Å². The normalized spacial score (nSPS) is 13.9. The fourth-order valence-corrected chi connectivity index (χ4v) is 19.9. The van der Waals surface area contributed by atoms with Crippen LogP contribution in [0.3, 0.4) is 0 Å². The van der Waals surface area contributed by atoms with Gasteiger partial charge in [-0.05, 0) is 278 Å². The Morgan fingerprint density at radius 1 is 0.252 bits per heavy atom. The van der Waals surface area contributed by atoms with E-state index < -0.39 is 5.41 Å². The van der Waals surface area contributed by atoms with Crippen LogP contribution in [-0.2, 0) is 16.2 Å². The van der Waals surface area contributed by atoms with Gasteiger partial charge in [-0.1, -0.05) is 313 Å². The van der Waals surface area contributed by atoms with E-state index in [1.54, 1.807) is 0 Å². The molecule has 0 atom stereocenters. The summed E-state index contributed by atoms with van der Waals surface area (Å²) < 4.78 is 2.38. The van der Waals surface area contributed by atoms with Crippen LogP contribution in [0.4, 0.5) is 45.5 Å². The third-order valence-corrected chi connectivity index (χ3v) is 25.6. The number of anilines is 8. The average molecular weight is 1530 g/mol. The zero-order chi connectivity index (χ0) is 80.7. The molecule has 17 aromatic rings. The van der Waals surface area contributed by atoms with E-state index in [1.165, 1.54) is 150 Å². The van der Waals surface area contributed by atoms with Gasteiger partial charge in [-0.3, -0.25) is 0 Å². The van der Waals surface area contributed by atoms with Crippen molar-refractivity contribution in [2.75, 3.05) is 14.7 Å². The van der Waals surface area contributed by atoms with Gasteiger partial charge in [-0.25, -0.2) is 0 Å². The van der Waals surface area contributed by atoms with Crippen molar-refractivity contribution < 1.29 is 0 Å². The van der Waals surface area contributed by atoms with E-state index in [9.17, 15) is 0 Å². The molecule has 4 heteroatoms. The Morgan fingerprint density at radius 2 is 0.571 bits per heavy atom. The third-order valence-electron chi connectivity index (χ3n) is 25.6. The standard InChI is InChI=1S/C61H44N2.C54H48N2/c1-3-4-16-41(2)62-59-26-15-11-22-53(59)54-39-45(31-38-60(54)62)44-29-34-47(35-30-44)63(46-32-27-43(28-33-46)42-17-6-5-7-18-42)48-36-37-52-51-21-10-14-25-57(51)61(58(52)40-48)55-23-12-8-19-49(55)50-20-9-13-24-56(50)61;1-7-8-16-37(2)55(40-17-10-9-11-18-40)41-27-23-38(24-28-41)39-25-29-42(30-26-39)56(43-31-33-47-45-19-12-14-21-49(45)53(3,4)51(47)35-43)44-32-34-48-46-20-13-15-22-50(46)54(5,6)52(48)36-44/h3-40H,1-2H3;7-36H,1-6H3/b4-3-,41-16+;8-7-,37-16+. The number of benzene rings is 16. The molecule has 4 aliphatic rings. The quantitative estimate of drug-likeness (QED) is 0.0951. The topological polar surface area (TPSA) is 14.7 Å². The Morgan fingerprint density at radius 3 is 1.04 bits per heavy atom. The van der Waals surface area contributed by atoms with E-state index in [0.29, 0.717) is 0 Å². The van der Waals surface area contributed by atoms with Gasteiger partial charge in [0.1, 0.15) is 0 Å². The molecule has 0 N–H and O–H groups in total. The molecule has 0 saturated carbocycles. The molecule has 0 aliphatic heterocycles. The summed E-state index contributed by atoms with van der Waals surface area (Å²) >= 11 is 0. The molecular formula is C115H92N4. The maximum Gasteiger partial charge on any atom is 0.0726 e. The van der Waals surface area contributed by atoms with Crippen LogP contribution in [0.5, 0.6) is 0 Å². The zero-order valence-electron chi connectivity index (χ0n) is 68.5. The highest BCUT2D eigenvalue weighted by atomic mass is 15.2. The van der Waals surface area contributed by atoms with Crippen molar-refractivity contribution >= 4 is 73.0 Å². The third kappa shape index (κ3) is 12.3. The molecule has 4 nitrogen and oxygen atoms in total. The molecule has 119 heavy (non-hydrogen) atoms. The van der Waals surface area contributed by atoms with Gasteiger partial charge in [0.25, 0.3) is 0 Å². The maximum absolute atomic E-state index is 2.48. The van der Waals surface area contributed by atoms with Crippen LogP contribution in [0.2, 0.25) is 0 Å². The van der Waals surface area contributed by atoms with E-state index in [1.807, 2.05) is 6.92 Å². The summed E-state index contributed by atoms with van der Waals surface area (Å²) in [6.07, 6.45) is 12.7. The van der Waals surface area contributed by atoms with E-state index in [-0.39, 0.29) is 10.8 Å². The van der Waals surface area contributed by atoms with Gasteiger partial charge in [-0.15, -0.1) is 0 Å². The summed E-state index contributed by atoms with van der Waals surface area (Å²) in [5.41, 5.74) is 41.8. The Kier molecular flexibility index (Phi) is 18.4. The maximum atomic E-state index is 2.48. The van der Waals surface area contributed by atoms with Crippen LogP contribution in [0, 0.1) is 0 Å². The first-order valence-electron chi connectivity index (χ1n) is 41.8. The highest BCUT2D eigenvalue weighted by Gasteiger charge is 2.52. The summed E-state index contributed by atoms with van der Waals surface area (Å²) in [6.45, 7) is 17.9. The van der Waals surface area contributed by atoms with E-state index in [4.69, 9.17) is 0 Å². The van der Waals surface area contributed by atoms with Crippen molar-refractivity contribution in [2.45, 2.75) is 71.6 Å². The van der Waals surface area contributed by atoms with E-state index >= 15 is 0 Å². The minimum atomic E-state index is -0.426. The monoisotopic (exact) mass is 1530 g/mol. The number of para-hydroxylation sites is 2. The number of nitrogens with zero attached hydrogens (tertiary/aromatic N) is 4. The molecule has 1 aromatic heterocycles. The molecule has 0 saturated heterocycles. The van der Waals surface area contributed by atoms with Crippen molar-refractivity contribution in [1.82, 2.24) is 4.57 Å². The first-order valence-corrected chi connectivity index (χ1v) is 41.8. The predicted octanol–water partition coefficient (Wildman–Crippen LogP) is 31.4. The number of hydrogen-bond donors (Lipinski definition) is 0. The van der Waals surface area contributed by atoms with Gasteiger partial charge in [-0.2, -0.15) is 0 Å². The predicted molar refractivity (Wildman–Crippen MR) is 505 cm³/mol. The molecule has 0 bridgehead atoms. The first-order chi connectivity index (χ1) is 58.3. The fourth-order valence-electron chi connectivity index (χ4n) is 19.9. The molecule has 16 aromatic carbocycles. The Bertz CT molecular complexity index is 6760. The minimum Gasteiger partial charge on any atom is -0.315 e. The summed E-state index contributed by atoms with van der Waals surface area (Å²) in [4.78, 5) is 7.18. The SMILES string of the molecule is C/C=C\C=C(/C)N(c1ccccc1)c1ccc(-c2ccc(N(c3ccc4c(c3)C(C)(C)c3ccccc3-4)c3ccc4c(c3)C(C)(C)c3ccccc3-4)cc2)cc1.C/C=C\C=C(/C)n1c2ccccc2c2cc(-c3ccc(N(c4ccc(-c5ccccc5)cc4)c4ccc5c(c4)C4(c6ccccc6-c6ccccc64)c4ccccc4-5)cc3)ccc21. The largest absolute Gasteiger partial charge is 0.315 e. The highest BCUT2D eigenvalue weighted by Crippen LogP contribution is 2.64. The Balaban J connectivity index is 0.000000154. The molecule has 0 unspecified atom stereocenters. The van der Waals surface area contributed by atoms with Crippen LogP contribution >= 0.6 is 0 Å². The number of fused-ring (bicyclic) bond motifs is 19. The molecule has 0 amide bonds. The van der Waals surface area contributed by atoms with Crippen LogP contribution < -0.4 is 14.7 Å². The van der Waals surface area contributed by atoms with Gasteiger partial charge >= 0.3 is 0 Å². The lowest BCUT2D eigenvalue weighted by molar-refractivity contribution is 0.660. The number of aromatic nitrogens is 1. The lowest BCUT2D eigenvalue weighted by Crippen LogP contribution is -2.26. The second kappa shape index (κ2) is 29.8. The summed E-state index contributed by atoms with van der Waals surface area (Å²) in [5.74, 6) is 0. The molecule has 1 spiro atoms. The van der Waals surface area contributed by atoms with Crippen LogP contribution in [0.25, 0.3) is 105 Å². The fraction of sp³-hybridized carbons (Fsp3) is 0.0957. The molecule has 21 rings (SSSR count). The number of rotatable bonds is 15. The van der Waals surface area contributed by atoms with Crippen molar-refractivity contribution in [1.29, 1.82) is 0 Å². The molecule has 1 heterocycles. The van der Waals surface area contributed by atoms with Crippen molar-refractivity contribution in [3.8, 4) is 77.9 Å². The molecule has 0 radical (unpaired) electrons. The lowest BCUT2D eigenvalue weighted by Gasteiger charge is -2.32. The van der Waals surface area contributed by atoms with E-state index in [2.05, 4.69) is 480 Å². The summed E-state index contributed by atoms with van der Waals surface area (Å²) in [7, 11) is 0. The first kappa shape index (κ1) is 73.6. The van der Waals surface area contributed by atoms with Crippen molar-refractivity contribution in [2.24, 2.45) is 0 Å². The molecule has 572 valence electrons. The Hall–Kier alpha value is -14.3. The van der Waals surface area contributed by atoms with Gasteiger partial charge in [0.2, 0.25) is 0 Å². The average Bonchev–Trinajstić information content (AvgIpc) is 1.51. The molecule has 0 fully saturated rings. The molecular weight excluding hydrogens is 1440 g/mol. The van der Waals surface area contributed by atoms with Gasteiger partial charge in [0, 0.05) is 78.5 Å². The van der Waals surface area contributed by atoms with Crippen LogP contribution in [0.1, 0.15) is 99.9 Å². The smallest absolute Gasteiger partial charge is 0.0726 e.